The number of unbranched alkanes of at least 4 members (excludes halogenated alkanes) is 20. The van der Waals surface area contributed by atoms with Crippen LogP contribution in [0.15, 0.2) is 0 Å². The number of hydrogen-bond donors (Lipinski definition) is 6. The Kier molecular flexibility index (Phi) is 39.7. The van der Waals surface area contributed by atoms with Crippen LogP contribution in [0.4, 0.5) is 0 Å². The third kappa shape index (κ3) is 34.5. The monoisotopic (exact) mass is 795 g/mol. The molecular formula is C48H102N6O2. The van der Waals surface area contributed by atoms with E-state index in [9.17, 15) is 10.2 Å². The van der Waals surface area contributed by atoms with Crippen molar-refractivity contribution in [3.8, 4) is 0 Å². The normalized spacial score (nSPS) is 16.4. The van der Waals surface area contributed by atoms with Gasteiger partial charge in [-0.25, -0.2) is 0 Å². The summed E-state index contributed by atoms with van der Waals surface area (Å²) in [7, 11) is 0. The number of hydrogen-bond acceptors (Lipinski definition) is 8. The zero-order chi connectivity index (χ0) is 40.6. The summed E-state index contributed by atoms with van der Waals surface area (Å²) in [6, 6.07) is 0. The lowest BCUT2D eigenvalue weighted by Gasteiger charge is -2.36. The van der Waals surface area contributed by atoms with E-state index in [4.69, 9.17) is 11.5 Å². The van der Waals surface area contributed by atoms with Gasteiger partial charge in [0.2, 0.25) is 0 Å². The average molecular weight is 795 g/mol. The van der Waals surface area contributed by atoms with Crippen LogP contribution in [0.25, 0.3) is 0 Å². The van der Waals surface area contributed by atoms with E-state index in [1.54, 1.807) is 0 Å². The smallest absolute Gasteiger partial charge is 0.0791 e. The maximum absolute atomic E-state index is 10.8. The van der Waals surface area contributed by atoms with Gasteiger partial charge >= 0.3 is 0 Å². The summed E-state index contributed by atoms with van der Waals surface area (Å²) < 4.78 is 0. The first kappa shape index (κ1) is 53.7. The van der Waals surface area contributed by atoms with Crippen LogP contribution in [0, 0.1) is 11.8 Å². The summed E-state index contributed by atoms with van der Waals surface area (Å²) >= 11 is 0. The summed E-state index contributed by atoms with van der Waals surface area (Å²) in [4.78, 5) is 4.78. The summed E-state index contributed by atoms with van der Waals surface area (Å²) in [5.41, 5.74) is 11.7. The minimum Gasteiger partial charge on any atom is -0.390 e. The predicted molar refractivity (Wildman–Crippen MR) is 246 cm³/mol. The van der Waals surface area contributed by atoms with E-state index in [-0.39, 0.29) is 12.2 Å². The fourth-order valence-corrected chi connectivity index (χ4v) is 8.90. The van der Waals surface area contributed by atoms with Crippen molar-refractivity contribution in [2.45, 2.75) is 219 Å². The first-order chi connectivity index (χ1) is 27.5. The Morgan fingerprint density at radius 3 is 1.00 bits per heavy atom. The second-order valence-corrected chi connectivity index (χ2v) is 18.1. The molecule has 0 saturated carbocycles. The molecule has 56 heavy (non-hydrogen) atoms. The molecule has 4 unspecified atom stereocenters. The minimum absolute atomic E-state index is 0.339. The molecule has 336 valence electrons. The van der Waals surface area contributed by atoms with Crippen molar-refractivity contribution in [2.24, 2.45) is 23.3 Å². The average Bonchev–Trinajstić information content (AvgIpc) is 3.20. The molecule has 4 atom stereocenters. The zero-order valence-corrected chi connectivity index (χ0v) is 38.0. The molecule has 1 fully saturated rings. The van der Waals surface area contributed by atoms with Gasteiger partial charge in [-0.05, 0) is 76.5 Å². The highest BCUT2D eigenvalue weighted by Crippen LogP contribution is 2.21. The van der Waals surface area contributed by atoms with Crippen LogP contribution in [-0.4, -0.2) is 111 Å². The largest absolute Gasteiger partial charge is 0.390 e. The second-order valence-electron chi connectivity index (χ2n) is 18.1. The maximum atomic E-state index is 10.8. The molecule has 8 heteroatoms. The molecule has 1 aliphatic heterocycles. The van der Waals surface area contributed by atoms with Gasteiger partial charge in [0, 0.05) is 52.4 Å². The van der Waals surface area contributed by atoms with Crippen LogP contribution in [0.2, 0.25) is 0 Å². The Balaban J connectivity index is 2.11. The van der Waals surface area contributed by atoms with Crippen molar-refractivity contribution in [3.05, 3.63) is 0 Å². The Hall–Kier alpha value is -0.320. The van der Waals surface area contributed by atoms with E-state index in [0.717, 1.165) is 90.1 Å². The van der Waals surface area contributed by atoms with Gasteiger partial charge in [0.15, 0.2) is 0 Å². The van der Waals surface area contributed by atoms with E-state index in [2.05, 4.69) is 34.3 Å². The quantitative estimate of drug-likeness (QED) is 0.0338. The van der Waals surface area contributed by atoms with Crippen molar-refractivity contribution in [1.29, 1.82) is 0 Å². The van der Waals surface area contributed by atoms with Gasteiger partial charge in [-0.1, -0.05) is 168 Å². The van der Waals surface area contributed by atoms with Gasteiger partial charge in [-0.15, -0.1) is 0 Å². The van der Waals surface area contributed by atoms with Crippen LogP contribution in [0.5, 0.6) is 0 Å². The highest BCUT2D eigenvalue weighted by Gasteiger charge is 2.21. The van der Waals surface area contributed by atoms with Gasteiger partial charge in [-0.2, -0.15) is 0 Å². The highest BCUT2D eigenvalue weighted by molar-refractivity contribution is 4.78. The number of piperazine rings is 1. The molecule has 1 rings (SSSR count). The molecule has 0 radical (unpaired) electrons. The van der Waals surface area contributed by atoms with Crippen molar-refractivity contribution in [3.63, 3.8) is 0 Å². The van der Waals surface area contributed by atoms with Crippen LogP contribution in [0.3, 0.4) is 0 Å². The van der Waals surface area contributed by atoms with Gasteiger partial charge in [0.05, 0.1) is 12.2 Å². The number of nitrogens with zero attached hydrogens (tertiary/aromatic N) is 2. The van der Waals surface area contributed by atoms with Crippen molar-refractivity contribution < 1.29 is 10.2 Å². The summed E-state index contributed by atoms with van der Waals surface area (Å²) in [6.07, 6.45) is 39.9. The topological polar surface area (TPSA) is 123 Å². The van der Waals surface area contributed by atoms with E-state index in [1.165, 1.54) is 180 Å². The Bertz CT molecular complexity index is 708. The Morgan fingerprint density at radius 2 is 0.696 bits per heavy atom. The fraction of sp³-hybridized carbons (Fsp3) is 1.00. The predicted octanol–water partition coefficient (Wildman–Crippen LogP) is 9.40. The molecule has 0 aromatic rings. The molecule has 0 aromatic heterocycles. The molecule has 0 bridgehead atoms. The lowest BCUT2D eigenvalue weighted by molar-refractivity contribution is 0.0487. The minimum atomic E-state index is -0.339. The molecule has 1 heterocycles. The first-order valence-corrected chi connectivity index (χ1v) is 25.1. The third-order valence-corrected chi connectivity index (χ3v) is 12.7. The van der Waals surface area contributed by atoms with Crippen molar-refractivity contribution >= 4 is 0 Å². The summed E-state index contributed by atoms with van der Waals surface area (Å²) in [6.45, 7) is 14.8. The molecule has 1 aliphatic rings. The second kappa shape index (κ2) is 41.4. The number of β-amino-alcohol motifs (C(OH)–C–C–N with tert-alkyl or cyclic N) is 2. The van der Waals surface area contributed by atoms with Gasteiger partial charge in [0.1, 0.15) is 0 Å². The number of rotatable bonds is 44. The molecule has 0 amide bonds. The number of aliphatic hydroxyl groups excluding tert-OH is 2. The van der Waals surface area contributed by atoms with Gasteiger partial charge in [0.25, 0.3) is 0 Å². The van der Waals surface area contributed by atoms with Crippen molar-refractivity contribution in [1.82, 2.24) is 20.4 Å². The molecule has 8 nitrogen and oxygen atoms in total. The van der Waals surface area contributed by atoms with Crippen LogP contribution < -0.4 is 22.1 Å². The number of nitrogens with one attached hydrogen (secondary N) is 2. The standard InChI is InChI=1S/C48H102N6O2/c1-3-5-7-9-11-13-15-17-19-21-23-27-45(29-25-33-49)31-35-51-41-47(55)43-53-37-39-54(40-38-53)44-48(56)42-52-36-32-46(30-26-34-50)28-24-22-20-18-16-14-12-10-8-6-4-2/h45-48,51-52,55-56H,3-44,49-50H2,1-2H3. The number of nitrogens with two attached hydrogens (primary N) is 2. The zero-order valence-electron chi connectivity index (χ0n) is 38.0. The van der Waals surface area contributed by atoms with Crippen LogP contribution in [-0.2, 0) is 0 Å². The summed E-state index contributed by atoms with van der Waals surface area (Å²) in [5.74, 6) is 1.50. The first-order valence-electron chi connectivity index (χ1n) is 25.1. The molecule has 8 N–H and O–H groups in total. The molecule has 1 saturated heterocycles. The fourth-order valence-electron chi connectivity index (χ4n) is 8.90. The molecular weight excluding hydrogens is 693 g/mol. The van der Waals surface area contributed by atoms with Crippen LogP contribution >= 0.6 is 0 Å². The SMILES string of the molecule is CCCCCCCCCCCCCC(CCCN)CCNCC(O)CN1CCN(CC(O)CNCCC(CCCN)CCCCCCCCCCCCC)CC1. The third-order valence-electron chi connectivity index (χ3n) is 12.7. The highest BCUT2D eigenvalue weighted by atomic mass is 16.3. The van der Waals surface area contributed by atoms with Crippen molar-refractivity contribution in [2.75, 3.05) is 78.5 Å². The molecule has 0 aromatic carbocycles. The van der Waals surface area contributed by atoms with Gasteiger partial charge in [-0.3, -0.25) is 9.80 Å². The maximum Gasteiger partial charge on any atom is 0.0791 e. The van der Waals surface area contributed by atoms with E-state index >= 15 is 0 Å². The van der Waals surface area contributed by atoms with E-state index < -0.39 is 0 Å². The Morgan fingerprint density at radius 1 is 0.411 bits per heavy atom. The number of aliphatic hydroxyl groups is 2. The van der Waals surface area contributed by atoms with Crippen LogP contribution in [0.1, 0.15) is 206 Å². The van der Waals surface area contributed by atoms with E-state index in [0.29, 0.717) is 13.1 Å². The molecule has 0 aliphatic carbocycles. The lowest BCUT2D eigenvalue weighted by atomic mass is 9.92. The molecule has 0 spiro atoms. The van der Waals surface area contributed by atoms with Gasteiger partial charge < -0.3 is 32.3 Å². The summed E-state index contributed by atoms with van der Waals surface area (Å²) in [5, 5.41) is 28.7. The van der Waals surface area contributed by atoms with E-state index in [1.807, 2.05) is 0 Å². The Labute approximate surface area is 350 Å². The lowest BCUT2D eigenvalue weighted by Crippen LogP contribution is -2.52.